The van der Waals surface area contributed by atoms with Crippen LogP contribution in [0.4, 0.5) is 0 Å². The van der Waals surface area contributed by atoms with Crippen LogP contribution in [0.1, 0.15) is 336 Å². The van der Waals surface area contributed by atoms with Crippen molar-refractivity contribution in [3.8, 4) is 0 Å². The van der Waals surface area contributed by atoms with Gasteiger partial charge in [-0.15, -0.1) is 0 Å². The van der Waals surface area contributed by atoms with Crippen LogP contribution in [0.25, 0.3) is 0 Å². The van der Waals surface area contributed by atoms with Gasteiger partial charge < -0.3 is 4.74 Å². The third-order valence-corrected chi connectivity index (χ3v) is 0.289. The topological polar surface area (TPSA) is 63.6 Å². The van der Waals surface area contributed by atoms with Crippen molar-refractivity contribution >= 4 is 10.1 Å². The first kappa shape index (κ1) is 233. The lowest BCUT2D eigenvalue weighted by atomic mass is 10.6. The van der Waals surface area contributed by atoms with E-state index in [0.29, 0.717) is 6.26 Å². The molecule has 0 atom stereocenters. The van der Waals surface area contributed by atoms with E-state index in [1.54, 1.807) is 7.11 Å². The Kier molecular flexibility index (Phi) is 3440. The molecule has 0 aliphatic rings. The van der Waals surface area contributed by atoms with Gasteiger partial charge in [-0.2, -0.15) is 8.42 Å². The highest BCUT2D eigenvalue weighted by atomic mass is 32.2. The summed E-state index contributed by atoms with van der Waals surface area (Å²) in [6.45, 7) is 60.3. The van der Waals surface area contributed by atoms with E-state index in [1.165, 1.54) is 38.5 Å². The smallest absolute Gasteiger partial charge is 0.261 e. The Balaban J connectivity index is -0.00000000511. The summed E-state index contributed by atoms with van der Waals surface area (Å²) in [5.74, 6) is 0. The van der Waals surface area contributed by atoms with Crippen molar-refractivity contribution in [2.24, 2.45) is 0 Å². The fourth-order valence-corrected chi connectivity index (χ4v) is 0. The molecule has 0 amide bonds. The van der Waals surface area contributed by atoms with Gasteiger partial charge in [0.25, 0.3) is 10.1 Å². The van der Waals surface area contributed by atoms with Crippen LogP contribution < -0.4 is 0 Å². The number of ether oxygens (including phenoxy) is 1. The highest BCUT2D eigenvalue weighted by Gasteiger charge is 1.81. The Morgan fingerprint density at radius 2 is 0.321 bits per heavy atom. The Bertz CT molecular complexity index is 184. The lowest BCUT2D eigenvalue weighted by molar-refractivity contribution is 0.215. The molecule has 0 radical (unpaired) electrons. The second kappa shape index (κ2) is 828. The molecule has 1 N–H and O–H groups in total. The molecule has 394 valence electrons. The van der Waals surface area contributed by atoms with E-state index in [1.807, 2.05) is 118 Å². The Morgan fingerprint density at radius 3 is 0.321 bits per heavy atom. The lowest BCUT2D eigenvalue weighted by Crippen LogP contribution is -1.88. The third-order valence-electron chi connectivity index (χ3n) is 0.289. The van der Waals surface area contributed by atoms with Crippen molar-refractivity contribution in [3.63, 3.8) is 0 Å². The largest absolute Gasteiger partial charge is 0.385 e. The summed E-state index contributed by atoms with van der Waals surface area (Å²) in [5, 5.41) is 0. The molecule has 5 heteroatoms. The summed E-state index contributed by atoms with van der Waals surface area (Å²) in [7, 11) is -1.99. The number of hydrogen-bond donors (Lipinski definition) is 1. The fourth-order valence-electron chi connectivity index (χ4n) is 0. The summed E-state index contributed by atoms with van der Waals surface area (Å²) < 4.78 is 30.4. The molecule has 0 fully saturated rings. The first-order chi connectivity index (χ1) is 20.4. The summed E-state index contributed by atoms with van der Waals surface area (Å²) in [6, 6.07) is 0. The lowest BCUT2D eigenvalue weighted by Gasteiger charge is -1.76. The van der Waals surface area contributed by atoms with Crippen LogP contribution in [0.3, 0.4) is 0 Å². The van der Waals surface area contributed by atoms with Crippen molar-refractivity contribution < 1.29 is 17.7 Å². The maximum atomic E-state index is 9.19. The van der Waals surface area contributed by atoms with E-state index >= 15 is 0 Å². The molecule has 0 rings (SSSR count). The van der Waals surface area contributed by atoms with Crippen LogP contribution in [0.15, 0.2) is 0 Å². The van der Waals surface area contributed by atoms with Crippen molar-refractivity contribution in [2.45, 2.75) is 336 Å². The van der Waals surface area contributed by atoms with Gasteiger partial charge in [-0.05, 0) is 6.92 Å². The van der Waals surface area contributed by atoms with Gasteiger partial charge in [-0.3, -0.25) is 4.55 Å². The number of methoxy groups -OCH3 is 1. The normalized spacial score (nSPS) is 4.36. The van der Waals surface area contributed by atoms with Crippen LogP contribution in [0.2, 0.25) is 0 Å². The zero-order valence-electron chi connectivity index (χ0n) is 38.0. The zero-order chi connectivity index (χ0) is 40.2. The minimum atomic E-state index is -3.67. The molecule has 0 aromatic heterocycles. The monoisotopic (exact) mass is 869 g/mol. The predicted molar refractivity (Wildman–Crippen MR) is 309 cm³/mol. The first-order valence-corrected chi connectivity index (χ1v) is 20.7. The first-order valence-electron chi connectivity index (χ1n) is 18.8. The Morgan fingerprint density at radius 1 is 0.304 bits per heavy atom. The Labute approximate surface area is 382 Å². The molecule has 0 aliphatic carbocycles. The molecule has 4 nitrogen and oxygen atoms in total. The van der Waals surface area contributed by atoms with E-state index in [0.717, 1.165) is 6.61 Å². The molecule has 0 aromatic rings. The summed E-state index contributed by atoms with van der Waals surface area (Å²) in [6.07, 6.45) is 8.22. The van der Waals surface area contributed by atoms with Gasteiger partial charge in [0.05, 0.1) is 6.26 Å². The van der Waals surface area contributed by atoms with Gasteiger partial charge in [0.2, 0.25) is 0 Å². The van der Waals surface area contributed by atoms with E-state index in [4.69, 9.17) is 4.55 Å². The maximum Gasteiger partial charge on any atom is 0.261 e. The third kappa shape index (κ3) is 199000. The van der Waals surface area contributed by atoms with Gasteiger partial charge >= 0.3 is 0 Å². The van der Waals surface area contributed by atoms with Crippen LogP contribution in [0.5, 0.6) is 0 Å². The van der Waals surface area contributed by atoms with Gasteiger partial charge in [-0.1, -0.05) is 329 Å². The maximum absolute atomic E-state index is 9.19. The zero-order valence-corrected chi connectivity index (χ0v) is 38.8. The SMILES string of the molecule is C.C.C.C.C.C.C.C.C.C.C.C.C.CC.CC.CC.CC.CC.CC.CC.CC.CCC.CCC.CCC.CCC.CCC.CCC.CCOC.CS(=O)(=O)O. The molecule has 0 saturated heterocycles. The van der Waals surface area contributed by atoms with Gasteiger partial charge in [0, 0.05) is 13.7 Å². The van der Waals surface area contributed by atoms with Gasteiger partial charge in [0.15, 0.2) is 0 Å². The van der Waals surface area contributed by atoms with E-state index in [2.05, 4.69) is 87.8 Å². The van der Waals surface area contributed by atoms with Crippen LogP contribution in [-0.2, 0) is 14.9 Å². The van der Waals surface area contributed by atoms with Crippen LogP contribution in [-0.4, -0.2) is 32.9 Å². The molecule has 0 heterocycles. The second-order valence-electron chi connectivity index (χ2n) is 5.55. The van der Waals surface area contributed by atoms with E-state index < -0.39 is 10.1 Å². The summed E-state index contributed by atoms with van der Waals surface area (Å²) >= 11 is 0. The van der Waals surface area contributed by atoms with Crippen molar-refractivity contribution in [3.05, 3.63) is 0 Å². The highest BCUT2D eigenvalue weighted by molar-refractivity contribution is 7.85. The molecule has 0 aliphatic heterocycles. The molecular formula is C51H160O4S. The standard InChI is InChI=1S/C3H8O.6C3H8.8C2H6.CH4O3S.13CH4/c1-3-4-2;6*1-3-2;8*1-2;1-5(2,3)4;;;;;;;;;;;;;/h3H2,1-2H3;6*3H2,1-2H3;8*1-2H3;1H3,(H,2,3,4);13*1H4. The summed E-state index contributed by atoms with van der Waals surface area (Å²) in [4.78, 5) is 0. The number of hydrogen-bond acceptors (Lipinski definition) is 3. The molecule has 0 bridgehead atoms. The van der Waals surface area contributed by atoms with Gasteiger partial charge in [0.1, 0.15) is 0 Å². The molecule has 0 saturated carbocycles. The van der Waals surface area contributed by atoms with Crippen molar-refractivity contribution in [1.29, 1.82) is 0 Å². The van der Waals surface area contributed by atoms with Crippen LogP contribution >= 0.6 is 0 Å². The quantitative estimate of drug-likeness (QED) is 0.267. The van der Waals surface area contributed by atoms with E-state index in [9.17, 15) is 8.42 Å². The number of rotatable bonds is 1. The van der Waals surface area contributed by atoms with E-state index in [-0.39, 0.29) is 96.5 Å². The second-order valence-corrected chi connectivity index (χ2v) is 7.02. The van der Waals surface area contributed by atoms with Crippen molar-refractivity contribution in [1.82, 2.24) is 0 Å². The molecule has 56 heavy (non-hydrogen) atoms. The van der Waals surface area contributed by atoms with Gasteiger partial charge in [-0.25, -0.2) is 0 Å². The average molecular weight is 870 g/mol. The molecule has 0 unspecified atom stereocenters. The minimum absolute atomic E-state index is 0. The summed E-state index contributed by atoms with van der Waals surface area (Å²) in [5.41, 5.74) is 0. The fraction of sp³-hybridized carbons (Fsp3) is 1.00. The predicted octanol–water partition coefficient (Wildman–Crippen LogP) is 25.1. The molecule has 0 aromatic carbocycles. The van der Waals surface area contributed by atoms with Crippen LogP contribution in [0, 0.1) is 0 Å². The molecule has 0 spiro atoms. The molecular weight excluding hydrogens is 709 g/mol. The highest BCUT2D eigenvalue weighted by Crippen LogP contribution is 1.60. The Hall–Kier alpha value is -0.130. The minimum Gasteiger partial charge on any atom is -0.385 e. The average Bonchev–Trinajstić information content (AvgIpc) is 3.03. The van der Waals surface area contributed by atoms with Crippen molar-refractivity contribution in [2.75, 3.05) is 20.0 Å².